The molecule has 1 amide bonds. The largest absolute Gasteiger partial charge is 0.361 e. The van der Waals surface area contributed by atoms with Crippen molar-refractivity contribution in [2.45, 2.75) is 31.6 Å². The van der Waals surface area contributed by atoms with E-state index in [1.54, 1.807) is 0 Å². The van der Waals surface area contributed by atoms with Crippen LogP contribution < -0.4 is 5.32 Å². The number of aromatic nitrogens is 1. The van der Waals surface area contributed by atoms with Crippen molar-refractivity contribution in [3.63, 3.8) is 0 Å². The van der Waals surface area contributed by atoms with Gasteiger partial charge in [0.05, 0.1) is 6.42 Å². The van der Waals surface area contributed by atoms with Crippen molar-refractivity contribution >= 4 is 16.8 Å². The number of carbonyl (C=O) groups is 1. The summed E-state index contributed by atoms with van der Waals surface area (Å²) in [5.41, 5.74) is 4.91. The maximum absolute atomic E-state index is 12.3. The van der Waals surface area contributed by atoms with E-state index in [0.717, 1.165) is 24.9 Å². The second-order valence-corrected chi connectivity index (χ2v) is 6.97. The van der Waals surface area contributed by atoms with E-state index in [4.69, 9.17) is 0 Å². The van der Waals surface area contributed by atoms with Crippen LogP contribution in [0.1, 0.15) is 29.5 Å². The molecule has 0 radical (unpaired) electrons. The van der Waals surface area contributed by atoms with Gasteiger partial charge in [-0.15, -0.1) is 0 Å². The quantitative estimate of drug-likeness (QED) is 0.737. The van der Waals surface area contributed by atoms with E-state index >= 15 is 0 Å². The molecule has 2 N–H and O–H groups in total. The summed E-state index contributed by atoms with van der Waals surface area (Å²) < 4.78 is 0. The zero-order valence-corrected chi connectivity index (χ0v) is 13.9. The van der Waals surface area contributed by atoms with Crippen LogP contribution in [0.25, 0.3) is 10.9 Å². The third-order valence-electron chi connectivity index (χ3n) is 5.12. The molecule has 0 bridgehead atoms. The van der Waals surface area contributed by atoms with Crippen molar-refractivity contribution in [3.05, 3.63) is 71.4 Å². The van der Waals surface area contributed by atoms with Gasteiger partial charge in [0, 0.05) is 29.1 Å². The Morgan fingerprint density at radius 2 is 1.88 bits per heavy atom. The highest BCUT2D eigenvalue weighted by molar-refractivity contribution is 5.85. The van der Waals surface area contributed by atoms with Gasteiger partial charge >= 0.3 is 0 Å². The number of para-hydroxylation sites is 1. The van der Waals surface area contributed by atoms with Crippen molar-refractivity contribution in [1.82, 2.24) is 10.3 Å². The molecule has 122 valence electrons. The van der Waals surface area contributed by atoms with Gasteiger partial charge in [0.2, 0.25) is 5.91 Å². The number of hydrogen-bond donors (Lipinski definition) is 2. The summed E-state index contributed by atoms with van der Waals surface area (Å²) in [7, 11) is 0. The molecule has 0 atom stereocenters. The van der Waals surface area contributed by atoms with Gasteiger partial charge in [-0.25, -0.2) is 0 Å². The Morgan fingerprint density at radius 1 is 1.12 bits per heavy atom. The Morgan fingerprint density at radius 3 is 2.62 bits per heavy atom. The maximum atomic E-state index is 12.3. The van der Waals surface area contributed by atoms with E-state index in [9.17, 15) is 4.79 Å². The van der Waals surface area contributed by atoms with Crippen LogP contribution in [0.2, 0.25) is 0 Å². The maximum Gasteiger partial charge on any atom is 0.224 e. The Kier molecular flexibility index (Phi) is 3.64. The molecule has 1 aromatic heterocycles. The summed E-state index contributed by atoms with van der Waals surface area (Å²) in [5.74, 6) is 0.102. The van der Waals surface area contributed by atoms with E-state index in [0.29, 0.717) is 6.42 Å². The third kappa shape index (κ3) is 2.82. The number of carbonyl (C=O) groups excluding carboxylic acids is 1. The molecule has 24 heavy (non-hydrogen) atoms. The standard InChI is InChI=1S/C21H22N2O/c1-15-6-8-16(9-7-15)12-20(24)23-14-21(10-11-21)18-13-22-19-5-3-2-4-17(18)19/h2-9,13,22H,10-12,14H2,1H3,(H,23,24). The molecule has 1 saturated carbocycles. The minimum atomic E-state index is 0.102. The second-order valence-electron chi connectivity index (χ2n) is 6.97. The highest BCUT2D eigenvalue weighted by Crippen LogP contribution is 2.49. The van der Waals surface area contributed by atoms with Gasteiger partial charge in [0.15, 0.2) is 0 Å². The molecule has 2 aromatic carbocycles. The van der Waals surface area contributed by atoms with Crippen molar-refractivity contribution < 1.29 is 4.79 Å². The van der Waals surface area contributed by atoms with Crippen LogP contribution in [0, 0.1) is 6.92 Å². The molecule has 3 heteroatoms. The molecule has 0 aliphatic heterocycles. The van der Waals surface area contributed by atoms with Crippen LogP contribution in [-0.4, -0.2) is 17.4 Å². The number of aromatic amines is 1. The zero-order valence-electron chi connectivity index (χ0n) is 13.9. The highest BCUT2D eigenvalue weighted by Gasteiger charge is 2.45. The minimum absolute atomic E-state index is 0.102. The summed E-state index contributed by atoms with van der Waals surface area (Å²) in [4.78, 5) is 15.6. The van der Waals surface area contributed by atoms with E-state index in [1.165, 1.54) is 22.0 Å². The molecule has 3 aromatic rings. The highest BCUT2D eigenvalue weighted by atomic mass is 16.1. The number of H-pyrrole nitrogens is 1. The smallest absolute Gasteiger partial charge is 0.224 e. The first-order valence-electron chi connectivity index (χ1n) is 8.55. The van der Waals surface area contributed by atoms with Crippen LogP contribution in [0.5, 0.6) is 0 Å². The van der Waals surface area contributed by atoms with Crippen molar-refractivity contribution in [1.29, 1.82) is 0 Å². The van der Waals surface area contributed by atoms with Crippen molar-refractivity contribution in [3.8, 4) is 0 Å². The SMILES string of the molecule is Cc1ccc(CC(=O)NCC2(c3c[nH]c4ccccc34)CC2)cc1. The summed E-state index contributed by atoms with van der Waals surface area (Å²) >= 11 is 0. The first-order valence-corrected chi connectivity index (χ1v) is 8.55. The molecular formula is C21H22N2O. The lowest BCUT2D eigenvalue weighted by atomic mass is 9.95. The molecule has 0 unspecified atom stereocenters. The molecule has 0 saturated heterocycles. The van der Waals surface area contributed by atoms with E-state index in [2.05, 4.69) is 53.8 Å². The zero-order chi connectivity index (χ0) is 16.6. The van der Waals surface area contributed by atoms with E-state index in [1.807, 2.05) is 18.2 Å². The Balaban J connectivity index is 1.43. The van der Waals surface area contributed by atoms with Gasteiger partial charge in [0.1, 0.15) is 0 Å². The average molecular weight is 318 g/mol. The number of benzene rings is 2. The molecule has 1 aliphatic rings. The fourth-order valence-electron chi connectivity index (χ4n) is 3.42. The lowest BCUT2D eigenvalue weighted by Crippen LogP contribution is -2.33. The second kappa shape index (κ2) is 5.82. The lowest BCUT2D eigenvalue weighted by Gasteiger charge is -2.16. The summed E-state index contributed by atoms with van der Waals surface area (Å²) in [5, 5.41) is 4.43. The summed E-state index contributed by atoms with van der Waals surface area (Å²) in [6.07, 6.45) is 4.84. The van der Waals surface area contributed by atoms with Gasteiger partial charge in [-0.3, -0.25) is 4.79 Å². The fourth-order valence-corrected chi connectivity index (χ4v) is 3.42. The lowest BCUT2D eigenvalue weighted by molar-refractivity contribution is -0.120. The van der Waals surface area contributed by atoms with Crippen LogP contribution in [0.15, 0.2) is 54.7 Å². The topological polar surface area (TPSA) is 44.9 Å². The first kappa shape index (κ1) is 15.0. The number of nitrogens with one attached hydrogen (secondary N) is 2. The third-order valence-corrected chi connectivity index (χ3v) is 5.12. The predicted octanol–water partition coefficient (Wildman–Crippen LogP) is 3.87. The molecule has 1 heterocycles. The number of rotatable bonds is 5. The van der Waals surface area contributed by atoms with Gasteiger partial charge in [-0.1, -0.05) is 48.0 Å². The van der Waals surface area contributed by atoms with Crippen molar-refractivity contribution in [2.75, 3.05) is 6.54 Å². The van der Waals surface area contributed by atoms with Crippen LogP contribution in [-0.2, 0) is 16.6 Å². The first-order chi connectivity index (χ1) is 11.7. The number of aryl methyl sites for hydroxylation is 1. The minimum Gasteiger partial charge on any atom is -0.361 e. The predicted molar refractivity (Wildman–Crippen MR) is 97.1 cm³/mol. The molecule has 0 spiro atoms. The van der Waals surface area contributed by atoms with E-state index < -0.39 is 0 Å². The van der Waals surface area contributed by atoms with Gasteiger partial charge < -0.3 is 10.3 Å². The monoisotopic (exact) mass is 318 g/mol. The van der Waals surface area contributed by atoms with Crippen molar-refractivity contribution in [2.24, 2.45) is 0 Å². The van der Waals surface area contributed by atoms with E-state index in [-0.39, 0.29) is 11.3 Å². The van der Waals surface area contributed by atoms with Gasteiger partial charge in [-0.05, 0) is 37.0 Å². The van der Waals surface area contributed by atoms with Crippen LogP contribution in [0.4, 0.5) is 0 Å². The molecule has 4 rings (SSSR count). The fraction of sp³-hybridized carbons (Fsp3) is 0.286. The average Bonchev–Trinajstić information content (AvgIpc) is 3.26. The van der Waals surface area contributed by atoms with Gasteiger partial charge in [0.25, 0.3) is 0 Å². The van der Waals surface area contributed by atoms with Crippen LogP contribution in [0.3, 0.4) is 0 Å². The normalized spacial score (nSPS) is 15.4. The van der Waals surface area contributed by atoms with Gasteiger partial charge in [-0.2, -0.15) is 0 Å². The Hall–Kier alpha value is -2.55. The molecular weight excluding hydrogens is 296 g/mol. The Bertz CT molecular complexity index is 872. The number of fused-ring (bicyclic) bond motifs is 1. The number of amides is 1. The molecule has 1 fully saturated rings. The summed E-state index contributed by atoms with van der Waals surface area (Å²) in [6, 6.07) is 16.5. The Labute approximate surface area is 142 Å². The molecule has 1 aliphatic carbocycles. The molecule has 3 nitrogen and oxygen atoms in total. The van der Waals surface area contributed by atoms with Crippen LogP contribution >= 0.6 is 0 Å². The number of hydrogen-bond acceptors (Lipinski definition) is 1. The summed E-state index contributed by atoms with van der Waals surface area (Å²) in [6.45, 7) is 2.78.